The Bertz CT molecular complexity index is 821. The molecule has 22 heavy (non-hydrogen) atoms. The average molecular weight is 326 g/mol. The Hall–Kier alpha value is -2.37. The topological polar surface area (TPSA) is 43.4 Å². The number of hydrogen-bond donors (Lipinski definition) is 0. The van der Waals surface area contributed by atoms with Crippen LogP contribution in [-0.4, -0.2) is 5.78 Å². The molecule has 108 valence electrons. The van der Waals surface area contributed by atoms with Gasteiger partial charge in [0.1, 0.15) is 0 Å². The van der Waals surface area contributed by atoms with Crippen LogP contribution in [0, 0.1) is 0 Å². The summed E-state index contributed by atoms with van der Waals surface area (Å²) < 4.78 is 10.2. The van der Waals surface area contributed by atoms with Gasteiger partial charge in [0.15, 0.2) is 5.78 Å². The van der Waals surface area contributed by atoms with Gasteiger partial charge in [-0.3, -0.25) is 4.79 Å². The van der Waals surface area contributed by atoms with Gasteiger partial charge in [-0.2, -0.15) is 0 Å². The molecule has 0 aliphatic carbocycles. The molecule has 0 aliphatic heterocycles. The first kappa shape index (κ1) is 13.3. The summed E-state index contributed by atoms with van der Waals surface area (Å²) >= 11 is 3.08. The molecule has 0 radical (unpaired) electrons. The molecule has 0 aromatic carbocycles. The van der Waals surface area contributed by atoms with E-state index in [9.17, 15) is 4.79 Å². The molecule has 4 aromatic heterocycles. The van der Waals surface area contributed by atoms with E-state index in [1.165, 1.54) is 0 Å². The smallest absolute Gasteiger partial charge is 0.194 e. The lowest BCUT2D eigenvalue weighted by atomic mass is 10.1. The fraction of sp³-hybridized carbons (Fsp3) is 0. The van der Waals surface area contributed by atoms with Crippen molar-refractivity contribution in [1.29, 1.82) is 0 Å². The minimum Gasteiger partial charge on any atom is -0.472 e. The van der Waals surface area contributed by atoms with E-state index < -0.39 is 0 Å². The van der Waals surface area contributed by atoms with E-state index in [4.69, 9.17) is 8.83 Å². The molecule has 0 fully saturated rings. The summed E-state index contributed by atoms with van der Waals surface area (Å²) in [7, 11) is 0. The molecule has 0 amide bonds. The zero-order chi connectivity index (χ0) is 14.9. The highest BCUT2D eigenvalue weighted by Crippen LogP contribution is 2.31. The number of carbonyl (C=O) groups is 1. The van der Waals surface area contributed by atoms with E-state index >= 15 is 0 Å². The Balaban J connectivity index is 1.62. The van der Waals surface area contributed by atoms with Gasteiger partial charge in [-0.15, -0.1) is 22.7 Å². The summed E-state index contributed by atoms with van der Waals surface area (Å²) in [6, 6.07) is 7.60. The van der Waals surface area contributed by atoms with Crippen LogP contribution in [0.2, 0.25) is 0 Å². The van der Waals surface area contributed by atoms with Gasteiger partial charge in [0.25, 0.3) is 0 Å². The fourth-order valence-electron chi connectivity index (χ4n) is 2.19. The lowest BCUT2D eigenvalue weighted by molar-refractivity contribution is 0.103. The summed E-state index contributed by atoms with van der Waals surface area (Å²) in [6.45, 7) is 0. The molecule has 0 atom stereocenters. The standard InChI is InChI=1S/C17H10O3S2/c18-17(13-5-15(21-9-13)11-1-3-19-7-11)14-6-16(22-10-14)12-2-4-20-8-12/h1-10H. The maximum Gasteiger partial charge on any atom is 0.194 e. The van der Waals surface area contributed by atoms with Gasteiger partial charge in [-0.25, -0.2) is 0 Å². The molecule has 0 aliphatic rings. The molecule has 4 rings (SSSR count). The van der Waals surface area contributed by atoms with Crippen molar-refractivity contribution in [2.75, 3.05) is 0 Å². The van der Waals surface area contributed by atoms with E-state index in [0.29, 0.717) is 11.1 Å². The quantitative estimate of drug-likeness (QED) is 0.461. The van der Waals surface area contributed by atoms with Crippen molar-refractivity contribution in [3.05, 3.63) is 71.2 Å². The van der Waals surface area contributed by atoms with Gasteiger partial charge in [0.2, 0.25) is 0 Å². The minimum absolute atomic E-state index is 0.0389. The largest absolute Gasteiger partial charge is 0.472 e. The first-order valence-electron chi connectivity index (χ1n) is 6.58. The zero-order valence-corrected chi connectivity index (χ0v) is 12.9. The third-order valence-electron chi connectivity index (χ3n) is 3.33. The first-order valence-corrected chi connectivity index (χ1v) is 8.34. The van der Waals surface area contributed by atoms with Gasteiger partial charge >= 0.3 is 0 Å². The van der Waals surface area contributed by atoms with Gasteiger partial charge in [-0.05, 0) is 24.3 Å². The van der Waals surface area contributed by atoms with E-state index in [1.807, 2.05) is 35.0 Å². The lowest BCUT2D eigenvalue weighted by Gasteiger charge is -1.93. The second-order valence-electron chi connectivity index (χ2n) is 4.75. The molecule has 4 aromatic rings. The third-order valence-corrected chi connectivity index (χ3v) is 5.29. The van der Waals surface area contributed by atoms with E-state index in [0.717, 1.165) is 20.9 Å². The molecule has 4 heterocycles. The molecular weight excluding hydrogens is 316 g/mol. The lowest BCUT2D eigenvalue weighted by Crippen LogP contribution is -1.96. The fourth-order valence-corrected chi connectivity index (χ4v) is 3.94. The minimum atomic E-state index is 0.0389. The monoisotopic (exact) mass is 326 g/mol. The zero-order valence-electron chi connectivity index (χ0n) is 11.3. The Kier molecular flexibility index (Phi) is 3.29. The van der Waals surface area contributed by atoms with E-state index in [2.05, 4.69) is 0 Å². The Morgan fingerprint density at radius 3 is 1.73 bits per heavy atom. The summed E-state index contributed by atoms with van der Waals surface area (Å²) in [4.78, 5) is 14.6. The van der Waals surface area contributed by atoms with Crippen LogP contribution in [-0.2, 0) is 0 Å². The highest BCUT2D eigenvalue weighted by Gasteiger charge is 2.15. The summed E-state index contributed by atoms with van der Waals surface area (Å²) in [5, 5.41) is 3.78. The maximum absolute atomic E-state index is 12.6. The number of thiophene rings is 2. The van der Waals surface area contributed by atoms with E-state index in [-0.39, 0.29) is 5.78 Å². The third kappa shape index (κ3) is 2.34. The molecule has 5 heteroatoms. The van der Waals surface area contributed by atoms with Crippen molar-refractivity contribution < 1.29 is 13.6 Å². The highest BCUT2D eigenvalue weighted by molar-refractivity contribution is 7.14. The number of hydrogen-bond acceptors (Lipinski definition) is 5. The second kappa shape index (κ2) is 5.44. The van der Waals surface area contributed by atoms with Crippen LogP contribution in [0.4, 0.5) is 0 Å². The summed E-state index contributed by atoms with van der Waals surface area (Å²) in [6.07, 6.45) is 6.63. The Morgan fingerprint density at radius 2 is 1.32 bits per heavy atom. The number of ketones is 1. The second-order valence-corrected chi connectivity index (χ2v) is 6.57. The number of carbonyl (C=O) groups excluding carboxylic acids is 1. The van der Waals surface area contributed by atoms with Crippen LogP contribution in [0.5, 0.6) is 0 Å². The molecule has 0 saturated carbocycles. The molecule has 0 unspecified atom stereocenters. The molecule has 0 bridgehead atoms. The van der Waals surface area contributed by atoms with Crippen LogP contribution in [0.15, 0.2) is 68.9 Å². The van der Waals surface area contributed by atoms with Crippen molar-refractivity contribution in [3.63, 3.8) is 0 Å². The Morgan fingerprint density at radius 1 is 0.818 bits per heavy atom. The van der Waals surface area contributed by atoms with Crippen LogP contribution in [0.25, 0.3) is 20.9 Å². The maximum atomic E-state index is 12.6. The van der Waals surface area contributed by atoms with Crippen molar-refractivity contribution in [1.82, 2.24) is 0 Å². The van der Waals surface area contributed by atoms with Crippen molar-refractivity contribution in [2.45, 2.75) is 0 Å². The summed E-state index contributed by atoms with van der Waals surface area (Å²) in [5.74, 6) is 0.0389. The van der Waals surface area contributed by atoms with Crippen LogP contribution < -0.4 is 0 Å². The van der Waals surface area contributed by atoms with Crippen LogP contribution in [0.1, 0.15) is 15.9 Å². The molecule has 0 spiro atoms. The van der Waals surface area contributed by atoms with Gasteiger partial charge < -0.3 is 8.83 Å². The number of furan rings is 2. The average Bonchev–Trinajstić information content (AvgIpc) is 3.35. The molecular formula is C17H10O3S2. The van der Waals surface area contributed by atoms with Crippen LogP contribution in [0.3, 0.4) is 0 Å². The van der Waals surface area contributed by atoms with Crippen LogP contribution >= 0.6 is 22.7 Å². The molecule has 0 saturated heterocycles. The molecule has 3 nitrogen and oxygen atoms in total. The number of rotatable bonds is 4. The van der Waals surface area contributed by atoms with E-state index in [1.54, 1.807) is 47.7 Å². The Labute approximate surface area is 134 Å². The first-order chi connectivity index (χ1) is 10.8. The highest BCUT2D eigenvalue weighted by atomic mass is 32.1. The van der Waals surface area contributed by atoms with Crippen molar-refractivity contribution in [3.8, 4) is 20.9 Å². The molecule has 0 N–H and O–H groups in total. The van der Waals surface area contributed by atoms with Gasteiger partial charge in [0, 0.05) is 42.8 Å². The SMILES string of the molecule is O=C(c1csc(-c2ccoc2)c1)c1csc(-c2ccoc2)c1. The predicted octanol–water partition coefficient (Wildman–Crippen LogP) is 5.56. The van der Waals surface area contributed by atoms with Gasteiger partial charge in [0.05, 0.1) is 25.1 Å². The van der Waals surface area contributed by atoms with Gasteiger partial charge in [-0.1, -0.05) is 0 Å². The van der Waals surface area contributed by atoms with Crippen molar-refractivity contribution in [2.24, 2.45) is 0 Å². The van der Waals surface area contributed by atoms with Crippen molar-refractivity contribution >= 4 is 28.5 Å². The predicted molar refractivity (Wildman–Crippen MR) is 87.5 cm³/mol. The summed E-state index contributed by atoms with van der Waals surface area (Å²) in [5.41, 5.74) is 3.40. The normalized spacial score (nSPS) is 10.9.